The van der Waals surface area contributed by atoms with E-state index in [-0.39, 0.29) is 18.2 Å². The zero-order chi connectivity index (χ0) is 18.8. The lowest BCUT2D eigenvalue weighted by Crippen LogP contribution is -2.28. The summed E-state index contributed by atoms with van der Waals surface area (Å²) < 4.78 is 2.47. The van der Waals surface area contributed by atoms with Gasteiger partial charge >= 0.3 is 0 Å². The van der Waals surface area contributed by atoms with Crippen LogP contribution < -0.4 is 10.2 Å². The number of carbonyl (C=O) groups is 2. The predicted molar refractivity (Wildman–Crippen MR) is 105 cm³/mol. The van der Waals surface area contributed by atoms with E-state index >= 15 is 0 Å². The number of nitrogens with zero attached hydrogens (tertiary/aromatic N) is 4. The van der Waals surface area contributed by atoms with Gasteiger partial charge in [0.15, 0.2) is 5.82 Å². The first-order chi connectivity index (χ1) is 13.1. The monoisotopic (exact) mass is 425 g/mol. The van der Waals surface area contributed by atoms with Gasteiger partial charge in [0, 0.05) is 29.8 Å². The molecule has 0 unspecified atom stereocenters. The summed E-state index contributed by atoms with van der Waals surface area (Å²) in [6.45, 7) is 0.353. The number of aromatic nitrogens is 3. The van der Waals surface area contributed by atoms with E-state index < -0.39 is 5.92 Å². The second-order valence-electron chi connectivity index (χ2n) is 6.20. The van der Waals surface area contributed by atoms with Crippen molar-refractivity contribution in [2.75, 3.05) is 16.8 Å². The maximum atomic E-state index is 12.6. The lowest BCUT2D eigenvalue weighted by atomic mass is 10.1. The van der Waals surface area contributed by atoms with Crippen LogP contribution in [0.25, 0.3) is 5.82 Å². The van der Waals surface area contributed by atoms with Gasteiger partial charge in [-0.3, -0.25) is 9.59 Å². The Morgan fingerprint density at radius 3 is 2.74 bits per heavy atom. The molecule has 27 heavy (non-hydrogen) atoms. The van der Waals surface area contributed by atoms with Crippen molar-refractivity contribution in [1.29, 1.82) is 0 Å². The molecule has 1 fully saturated rings. The number of amides is 2. The molecule has 8 heteroatoms. The Morgan fingerprint density at radius 2 is 2.04 bits per heavy atom. The van der Waals surface area contributed by atoms with Gasteiger partial charge in [0.05, 0.1) is 23.5 Å². The van der Waals surface area contributed by atoms with Crippen molar-refractivity contribution in [1.82, 2.24) is 14.8 Å². The van der Waals surface area contributed by atoms with E-state index in [2.05, 4.69) is 31.3 Å². The molecule has 1 N–H and O–H groups in total. The summed E-state index contributed by atoms with van der Waals surface area (Å²) in [6, 6.07) is 12.8. The van der Waals surface area contributed by atoms with Crippen molar-refractivity contribution in [3.8, 4) is 5.82 Å². The highest BCUT2D eigenvalue weighted by molar-refractivity contribution is 9.10. The summed E-state index contributed by atoms with van der Waals surface area (Å²) in [5.74, 6) is 0.00490. The van der Waals surface area contributed by atoms with Crippen LogP contribution in [0.2, 0.25) is 0 Å². The number of anilines is 2. The molecule has 0 bridgehead atoms. The van der Waals surface area contributed by atoms with Gasteiger partial charge in [0.1, 0.15) is 0 Å². The minimum atomic E-state index is -0.407. The van der Waals surface area contributed by atoms with Gasteiger partial charge in [0.2, 0.25) is 11.8 Å². The molecule has 2 amide bonds. The van der Waals surface area contributed by atoms with Gasteiger partial charge in [-0.25, -0.2) is 9.67 Å². The molecular formula is C19H16BrN5O2. The van der Waals surface area contributed by atoms with Crippen LogP contribution in [0.4, 0.5) is 11.4 Å². The van der Waals surface area contributed by atoms with Gasteiger partial charge in [0.25, 0.3) is 0 Å². The Kier molecular flexibility index (Phi) is 4.72. The van der Waals surface area contributed by atoms with Crippen LogP contribution in [-0.2, 0) is 9.59 Å². The molecule has 3 aromatic rings. The lowest BCUT2D eigenvalue weighted by molar-refractivity contribution is -0.122. The van der Waals surface area contributed by atoms with E-state index in [1.165, 1.54) is 0 Å². The second-order valence-corrected chi connectivity index (χ2v) is 7.06. The van der Waals surface area contributed by atoms with Crippen LogP contribution in [0, 0.1) is 5.92 Å². The molecule has 1 aromatic carbocycles. The highest BCUT2D eigenvalue weighted by Gasteiger charge is 2.35. The van der Waals surface area contributed by atoms with Gasteiger partial charge in [-0.2, -0.15) is 5.10 Å². The van der Waals surface area contributed by atoms with Crippen LogP contribution >= 0.6 is 15.9 Å². The first kappa shape index (κ1) is 17.4. The molecule has 2 aromatic heterocycles. The molecule has 136 valence electrons. The number of para-hydroxylation sites is 1. The van der Waals surface area contributed by atoms with Crippen molar-refractivity contribution < 1.29 is 9.59 Å². The first-order valence-corrected chi connectivity index (χ1v) is 9.23. The molecule has 1 atom stereocenters. The number of rotatable bonds is 4. The van der Waals surface area contributed by atoms with Crippen molar-refractivity contribution in [3.63, 3.8) is 0 Å². The molecule has 3 heterocycles. The standard InChI is InChI=1S/C19H16BrN5O2/c20-15-4-1-2-5-16(15)24-12-13(10-18(24)26)19(27)23-14-6-7-17(21-11-14)25-9-3-8-22-25/h1-9,11,13H,10,12H2,(H,23,27)/t13-/m0/s1. The normalized spacial score (nSPS) is 16.6. The summed E-state index contributed by atoms with van der Waals surface area (Å²) in [7, 11) is 0. The highest BCUT2D eigenvalue weighted by atomic mass is 79.9. The minimum absolute atomic E-state index is 0.0609. The van der Waals surface area contributed by atoms with E-state index in [1.807, 2.05) is 30.3 Å². The maximum Gasteiger partial charge on any atom is 0.229 e. The van der Waals surface area contributed by atoms with Crippen LogP contribution in [0.5, 0.6) is 0 Å². The average molecular weight is 426 g/mol. The van der Waals surface area contributed by atoms with E-state index in [0.717, 1.165) is 10.2 Å². The van der Waals surface area contributed by atoms with Crippen molar-refractivity contribution >= 4 is 39.1 Å². The topological polar surface area (TPSA) is 80.1 Å². The van der Waals surface area contributed by atoms with E-state index in [1.54, 1.807) is 40.3 Å². The molecule has 1 aliphatic rings. The Morgan fingerprint density at radius 1 is 1.19 bits per heavy atom. The predicted octanol–water partition coefficient (Wildman–Crippen LogP) is 3.02. The summed E-state index contributed by atoms with van der Waals surface area (Å²) >= 11 is 3.46. The van der Waals surface area contributed by atoms with Crippen LogP contribution in [0.1, 0.15) is 6.42 Å². The van der Waals surface area contributed by atoms with Crippen LogP contribution in [0.3, 0.4) is 0 Å². The molecule has 1 saturated heterocycles. The van der Waals surface area contributed by atoms with Gasteiger partial charge < -0.3 is 10.2 Å². The highest BCUT2D eigenvalue weighted by Crippen LogP contribution is 2.31. The average Bonchev–Trinajstić information content (AvgIpc) is 3.33. The zero-order valence-electron chi connectivity index (χ0n) is 14.2. The Bertz CT molecular complexity index is 972. The van der Waals surface area contributed by atoms with Crippen molar-refractivity contribution in [2.45, 2.75) is 6.42 Å². The molecule has 4 rings (SSSR count). The van der Waals surface area contributed by atoms with Gasteiger partial charge in [-0.1, -0.05) is 12.1 Å². The molecule has 0 radical (unpaired) electrons. The quantitative estimate of drug-likeness (QED) is 0.696. The number of halogens is 1. The van der Waals surface area contributed by atoms with E-state index in [0.29, 0.717) is 18.1 Å². The summed E-state index contributed by atoms with van der Waals surface area (Å²) in [5, 5.41) is 6.95. The third-order valence-corrected chi connectivity index (χ3v) is 5.06. The Labute approximate surface area is 164 Å². The molecule has 0 saturated carbocycles. The van der Waals surface area contributed by atoms with Crippen LogP contribution in [-0.4, -0.2) is 33.1 Å². The minimum Gasteiger partial charge on any atom is -0.324 e. The van der Waals surface area contributed by atoms with Crippen LogP contribution in [0.15, 0.2) is 65.5 Å². The number of pyridine rings is 1. The molecular weight excluding hydrogens is 410 g/mol. The third kappa shape index (κ3) is 3.61. The molecule has 0 spiro atoms. The molecule has 0 aliphatic carbocycles. The van der Waals surface area contributed by atoms with Gasteiger partial charge in [-0.15, -0.1) is 0 Å². The first-order valence-electron chi connectivity index (χ1n) is 8.43. The third-order valence-electron chi connectivity index (χ3n) is 4.39. The Balaban J connectivity index is 1.43. The second kappa shape index (κ2) is 7.32. The fourth-order valence-electron chi connectivity index (χ4n) is 3.03. The fraction of sp³-hybridized carbons (Fsp3) is 0.158. The SMILES string of the molecule is O=C(Nc1ccc(-n2cccn2)nc1)[C@H]1CC(=O)N(c2ccccc2Br)C1. The largest absolute Gasteiger partial charge is 0.324 e. The zero-order valence-corrected chi connectivity index (χ0v) is 15.8. The smallest absolute Gasteiger partial charge is 0.229 e. The number of benzene rings is 1. The maximum absolute atomic E-state index is 12.6. The number of hydrogen-bond acceptors (Lipinski definition) is 4. The summed E-state index contributed by atoms with van der Waals surface area (Å²) in [5.41, 5.74) is 1.37. The number of hydrogen-bond donors (Lipinski definition) is 1. The van der Waals surface area contributed by atoms with E-state index in [9.17, 15) is 9.59 Å². The lowest BCUT2D eigenvalue weighted by Gasteiger charge is -2.18. The Hall–Kier alpha value is -3.00. The number of nitrogens with one attached hydrogen (secondary N) is 1. The summed E-state index contributed by atoms with van der Waals surface area (Å²) in [6.07, 6.45) is 5.23. The van der Waals surface area contributed by atoms with Crippen molar-refractivity contribution in [3.05, 3.63) is 65.5 Å². The molecule has 1 aliphatic heterocycles. The number of carbonyl (C=O) groups excluding carboxylic acids is 2. The fourth-order valence-corrected chi connectivity index (χ4v) is 3.53. The summed E-state index contributed by atoms with van der Waals surface area (Å²) in [4.78, 5) is 30.9. The van der Waals surface area contributed by atoms with Crippen molar-refractivity contribution in [2.24, 2.45) is 5.92 Å². The van der Waals surface area contributed by atoms with E-state index in [4.69, 9.17) is 0 Å². The molecule has 7 nitrogen and oxygen atoms in total. The van der Waals surface area contributed by atoms with Gasteiger partial charge in [-0.05, 0) is 46.3 Å².